The number of nitrogens with one attached hydrogen (secondary N) is 1. The standard InChI is InChI=1S/C12H24N2O2/c1-9-10(2)14(8-6-7-13-9)11(15)16-12(3,4)5/h9-10,13H,6-8H2,1-5H3/t9-,10-/m0/s1. The SMILES string of the molecule is C[C@@H]1NCCCN(C(=O)OC(C)(C)C)[C@H]1C. The lowest BCUT2D eigenvalue weighted by atomic mass is 10.1. The summed E-state index contributed by atoms with van der Waals surface area (Å²) in [7, 11) is 0. The molecule has 2 atom stereocenters. The van der Waals surface area contributed by atoms with Crippen LogP contribution < -0.4 is 5.32 Å². The lowest BCUT2D eigenvalue weighted by molar-refractivity contribution is 0.0168. The maximum absolute atomic E-state index is 12.0. The highest BCUT2D eigenvalue weighted by molar-refractivity contribution is 5.68. The predicted octanol–water partition coefficient (Wildman–Crippen LogP) is 1.99. The van der Waals surface area contributed by atoms with E-state index in [1.165, 1.54) is 0 Å². The second-order valence-electron chi connectivity index (χ2n) is 5.51. The van der Waals surface area contributed by atoms with Gasteiger partial charge in [-0.3, -0.25) is 0 Å². The molecule has 0 aromatic carbocycles. The first-order valence-electron chi connectivity index (χ1n) is 6.04. The van der Waals surface area contributed by atoms with Crippen LogP contribution in [-0.4, -0.2) is 41.8 Å². The molecule has 16 heavy (non-hydrogen) atoms. The second kappa shape index (κ2) is 5.04. The van der Waals surface area contributed by atoms with Crippen LogP contribution in [0.4, 0.5) is 4.79 Å². The third-order valence-electron chi connectivity index (χ3n) is 2.89. The third kappa shape index (κ3) is 3.67. The molecule has 1 saturated heterocycles. The van der Waals surface area contributed by atoms with Gasteiger partial charge in [0.05, 0.1) is 0 Å². The molecule has 1 aliphatic heterocycles. The Balaban J connectivity index is 2.65. The van der Waals surface area contributed by atoms with E-state index in [0.717, 1.165) is 19.5 Å². The summed E-state index contributed by atoms with van der Waals surface area (Å²) in [6.07, 6.45) is 0.782. The van der Waals surface area contributed by atoms with Crippen molar-refractivity contribution < 1.29 is 9.53 Å². The van der Waals surface area contributed by atoms with Gasteiger partial charge in [-0.2, -0.15) is 0 Å². The highest BCUT2D eigenvalue weighted by Crippen LogP contribution is 2.15. The Bertz CT molecular complexity index is 248. The Labute approximate surface area is 98.3 Å². The molecule has 0 aromatic rings. The molecule has 0 bridgehead atoms. The van der Waals surface area contributed by atoms with Gasteiger partial charge in [0, 0.05) is 18.6 Å². The Morgan fingerprint density at radius 2 is 2.00 bits per heavy atom. The largest absolute Gasteiger partial charge is 0.444 e. The van der Waals surface area contributed by atoms with Crippen molar-refractivity contribution in [2.75, 3.05) is 13.1 Å². The highest BCUT2D eigenvalue weighted by Gasteiger charge is 2.29. The zero-order chi connectivity index (χ0) is 12.3. The summed E-state index contributed by atoms with van der Waals surface area (Å²) >= 11 is 0. The van der Waals surface area contributed by atoms with Crippen LogP contribution in [0.2, 0.25) is 0 Å². The topological polar surface area (TPSA) is 41.6 Å². The van der Waals surface area contributed by atoms with E-state index in [0.29, 0.717) is 6.04 Å². The van der Waals surface area contributed by atoms with Gasteiger partial charge in [0.25, 0.3) is 0 Å². The third-order valence-corrected chi connectivity index (χ3v) is 2.89. The highest BCUT2D eigenvalue weighted by atomic mass is 16.6. The first kappa shape index (κ1) is 13.3. The van der Waals surface area contributed by atoms with Gasteiger partial charge in [-0.25, -0.2) is 4.79 Å². The molecule has 0 aromatic heterocycles. The van der Waals surface area contributed by atoms with Crippen molar-refractivity contribution in [3.8, 4) is 0 Å². The monoisotopic (exact) mass is 228 g/mol. The lowest BCUT2D eigenvalue weighted by Gasteiger charge is -2.32. The van der Waals surface area contributed by atoms with Gasteiger partial charge in [0.2, 0.25) is 0 Å². The molecule has 94 valence electrons. The van der Waals surface area contributed by atoms with E-state index in [1.807, 2.05) is 25.7 Å². The summed E-state index contributed by atoms with van der Waals surface area (Å²) in [6, 6.07) is 0.493. The molecule has 1 aliphatic rings. The van der Waals surface area contributed by atoms with Crippen LogP contribution in [0.15, 0.2) is 0 Å². The maximum atomic E-state index is 12.0. The van der Waals surface area contributed by atoms with Crippen LogP contribution >= 0.6 is 0 Å². The van der Waals surface area contributed by atoms with E-state index < -0.39 is 5.60 Å². The summed E-state index contributed by atoms with van der Waals surface area (Å²) < 4.78 is 5.41. The normalized spacial score (nSPS) is 27.4. The first-order chi connectivity index (χ1) is 7.31. The molecular formula is C12H24N2O2. The van der Waals surface area contributed by atoms with Crippen molar-refractivity contribution in [2.24, 2.45) is 0 Å². The van der Waals surface area contributed by atoms with Gasteiger partial charge in [-0.1, -0.05) is 0 Å². The zero-order valence-electron chi connectivity index (χ0n) is 11.0. The number of nitrogens with zero attached hydrogens (tertiary/aromatic N) is 1. The van der Waals surface area contributed by atoms with E-state index in [1.54, 1.807) is 0 Å². The van der Waals surface area contributed by atoms with Crippen molar-refractivity contribution in [1.82, 2.24) is 10.2 Å². The fraction of sp³-hybridized carbons (Fsp3) is 0.917. The van der Waals surface area contributed by atoms with Gasteiger partial charge in [-0.15, -0.1) is 0 Å². The first-order valence-corrected chi connectivity index (χ1v) is 6.04. The molecule has 0 unspecified atom stereocenters. The molecule has 0 saturated carbocycles. The van der Waals surface area contributed by atoms with Crippen LogP contribution in [0, 0.1) is 0 Å². The Hall–Kier alpha value is -0.770. The minimum atomic E-state index is -0.417. The molecule has 0 spiro atoms. The van der Waals surface area contributed by atoms with Crippen LogP contribution in [0.25, 0.3) is 0 Å². The van der Waals surface area contributed by atoms with Crippen LogP contribution in [0.1, 0.15) is 41.0 Å². The summed E-state index contributed by atoms with van der Waals surface area (Å²) in [6.45, 7) is 11.6. The maximum Gasteiger partial charge on any atom is 0.410 e. The van der Waals surface area contributed by atoms with E-state index in [2.05, 4.69) is 19.2 Å². The van der Waals surface area contributed by atoms with Gasteiger partial charge < -0.3 is 15.0 Å². The number of carbonyl (C=O) groups is 1. The number of hydrogen-bond acceptors (Lipinski definition) is 3. The van der Waals surface area contributed by atoms with E-state index in [-0.39, 0.29) is 12.1 Å². The van der Waals surface area contributed by atoms with Gasteiger partial charge >= 0.3 is 6.09 Å². The molecule has 4 heteroatoms. The summed E-state index contributed by atoms with van der Waals surface area (Å²) in [5.41, 5.74) is -0.417. The van der Waals surface area contributed by atoms with E-state index >= 15 is 0 Å². The Kier molecular flexibility index (Phi) is 4.19. The van der Waals surface area contributed by atoms with Crippen molar-refractivity contribution in [3.63, 3.8) is 0 Å². The lowest BCUT2D eigenvalue weighted by Crippen LogP contribution is -2.48. The minimum absolute atomic E-state index is 0.178. The number of carbonyl (C=O) groups excluding carboxylic acids is 1. The zero-order valence-corrected chi connectivity index (χ0v) is 11.0. The van der Waals surface area contributed by atoms with Crippen LogP contribution in [0.5, 0.6) is 0 Å². The fourth-order valence-electron chi connectivity index (χ4n) is 1.80. The molecule has 0 radical (unpaired) electrons. The molecule has 1 amide bonds. The summed E-state index contributed by atoms with van der Waals surface area (Å²) in [4.78, 5) is 13.8. The molecule has 4 nitrogen and oxygen atoms in total. The number of amides is 1. The Morgan fingerprint density at radius 1 is 1.38 bits per heavy atom. The molecular weight excluding hydrogens is 204 g/mol. The summed E-state index contributed by atoms with van der Waals surface area (Å²) in [5, 5.41) is 3.39. The molecule has 1 rings (SSSR count). The molecule has 1 heterocycles. The second-order valence-corrected chi connectivity index (χ2v) is 5.51. The van der Waals surface area contributed by atoms with Crippen molar-refractivity contribution in [1.29, 1.82) is 0 Å². The van der Waals surface area contributed by atoms with Crippen LogP contribution in [-0.2, 0) is 4.74 Å². The van der Waals surface area contributed by atoms with E-state index in [4.69, 9.17) is 4.74 Å². The van der Waals surface area contributed by atoms with Gasteiger partial charge in [-0.05, 0) is 47.6 Å². The van der Waals surface area contributed by atoms with Crippen molar-refractivity contribution in [2.45, 2.75) is 58.7 Å². The summed E-state index contributed by atoms with van der Waals surface area (Å²) in [5.74, 6) is 0. The average Bonchev–Trinajstić information content (AvgIpc) is 2.27. The number of ether oxygens (including phenoxy) is 1. The smallest absolute Gasteiger partial charge is 0.410 e. The molecule has 1 fully saturated rings. The van der Waals surface area contributed by atoms with E-state index in [9.17, 15) is 4.79 Å². The van der Waals surface area contributed by atoms with Crippen LogP contribution in [0.3, 0.4) is 0 Å². The van der Waals surface area contributed by atoms with Crippen molar-refractivity contribution >= 4 is 6.09 Å². The fourth-order valence-corrected chi connectivity index (χ4v) is 1.80. The average molecular weight is 228 g/mol. The minimum Gasteiger partial charge on any atom is -0.444 e. The van der Waals surface area contributed by atoms with Gasteiger partial charge in [0.15, 0.2) is 0 Å². The predicted molar refractivity (Wildman–Crippen MR) is 64.5 cm³/mol. The molecule has 0 aliphatic carbocycles. The van der Waals surface area contributed by atoms with Crippen molar-refractivity contribution in [3.05, 3.63) is 0 Å². The number of hydrogen-bond donors (Lipinski definition) is 1. The Morgan fingerprint density at radius 3 is 2.56 bits per heavy atom. The number of rotatable bonds is 0. The van der Waals surface area contributed by atoms with Gasteiger partial charge in [0.1, 0.15) is 5.60 Å². The quantitative estimate of drug-likeness (QED) is 0.689. The molecule has 1 N–H and O–H groups in total.